The molecule has 0 atom stereocenters. The third-order valence-corrected chi connectivity index (χ3v) is 7.38. The van der Waals surface area contributed by atoms with Crippen molar-refractivity contribution in [3.8, 4) is 0 Å². The van der Waals surface area contributed by atoms with Gasteiger partial charge in [-0.2, -0.15) is 0 Å². The van der Waals surface area contributed by atoms with E-state index >= 15 is 0 Å². The maximum atomic E-state index is 11.5. The summed E-state index contributed by atoms with van der Waals surface area (Å²) in [4.78, 5) is 11.5. The summed E-state index contributed by atoms with van der Waals surface area (Å²) in [6, 6.07) is 30.8. The van der Waals surface area contributed by atoms with Crippen LogP contribution in [0.2, 0.25) is 0 Å². The van der Waals surface area contributed by atoms with Crippen molar-refractivity contribution in [1.82, 2.24) is 0 Å². The molecule has 0 amide bonds. The monoisotopic (exact) mass is 308 g/mol. The van der Waals surface area contributed by atoms with E-state index in [9.17, 15) is 4.89 Å². The standard InChI is InChI=1S/C20H21OP/c21-22(20-14-8-3-9-15-20,16-18-10-4-1-5-11-18)17-19-12-6-2-7-13-19/h1-15,21-22H,16-17H2. The first-order chi connectivity index (χ1) is 10.8. The normalized spacial score (nSPS) is 12.0. The quantitative estimate of drug-likeness (QED) is 0.694. The van der Waals surface area contributed by atoms with Crippen LogP contribution in [-0.2, 0) is 12.3 Å². The van der Waals surface area contributed by atoms with E-state index in [0.29, 0.717) is 0 Å². The fraction of sp³-hybridized carbons (Fsp3) is 0.100. The van der Waals surface area contributed by atoms with Gasteiger partial charge in [-0.05, 0) is 0 Å². The van der Waals surface area contributed by atoms with Gasteiger partial charge in [0.05, 0.1) is 0 Å². The molecular weight excluding hydrogens is 287 g/mol. The molecule has 0 saturated carbocycles. The van der Waals surface area contributed by atoms with Crippen molar-refractivity contribution in [1.29, 1.82) is 0 Å². The molecule has 0 aliphatic rings. The molecule has 0 heterocycles. The molecule has 3 aromatic rings. The van der Waals surface area contributed by atoms with E-state index in [-0.39, 0.29) is 0 Å². The van der Waals surface area contributed by atoms with Crippen LogP contribution < -0.4 is 5.30 Å². The Morgan fingerprint density at radius 2 is 0.909 bits per heavy atom. The molecule has 112 valence electrons. The minimum atomic E-state index is -2.61. The van der Waals surface area contributed by atoms with E-state index in [1.54, 1.807) is 0 Å². The Hall–Kier alpha value is -1.95. The van der Waals surface area contributed by atoms with E-state index in [0.717, 1.165) is 17.6 Å². The van der Waals surface area contributed by atoms with Gasteiger partial charge in [-0.1, -0.05) is 0 Å². The van der Waals surface area contributed by atoms with Gasteiger partial charge < -0.3 is 0 Å². The van der Waals surface area contributed by atoms with Crippen LogP contribution in [0.1, 0.15) is 11.1 Å². The summed E-state index contributed by atoms with van der Waals surface area (Å²) >= 11 is 0. The average Bonchev–Trinajstić information content (AvgIpc) is 2.57. The first-order valence-corrected chi connectivity index (χ1v) is 9.98. The summed E-state index contributed by atoms with van der Waals surface area (Å²) in [5.74, 6) is 0. The van der Waals surface area contributed by atoms with Crippen molar-refractivity contribution >= 4 is 12.8 Å². The molecular formula is C20H21OP. The van der Waals surface area contributed by atoms with Crippen molar-refractivity contribution in [2.75, 3.05) is 0 Å². The van der Waals surface area contributed by atoms with Gasteiger partial charge in [0.1, 0.15) is 0 Å². The molecule has 22 heavy (non-hydrogen) atoms. The molecule has 2 heteroatoms. The fourth-order valence-corrected chi connectivity index (χ4v) is 6.05. The van der Waals surface area contributed by atoms with Crippen molar-refractivity contribution in [2.24, 2.45) is 0 Å². The van der Waals surface area contributed by atoms with Gasteiger partial charge >= 0.3 is 132 Å². The first kappa shape index (κ1) is 15.0. The second kappa shape index (κ2) is 6.87. The van der Waals surface area contributed by atoms with Gasteiger partial charge in [0, 0.05) is 0 Å². The van der Waals surface area contributed by atoms with Crippen LogP contribution in [0, 0.1) is 0 Å². The molecule has 0 spiro atoms. The topological polar surface area (TPSA) is 20.2 Å². The summed E-state index contributed by atoms with van der Waals surface area (Å²) in [5, 5.41) is 1.10. The van der Waals surface area contributed by atoms with Crippen LogP contribution in [-0.4, -0.2) is 4.89 Å². The van der Waals surface area contributed by atoms with Gasteiger partial charge in [-0.25, -0.2) is 0 Å². The maximum absolute atomic E-state index is 11.5. The molecule has 0 aliphatic carbocycles. The molecule has 0 saturated heterocycles. The summed E-state index contributed by atoms with van der Waals surface area (Å²) < 4.78 is 0. The van der Waals surface area contributed by atoms with Gasteiger partial charge in [-0.15, -0.1) is 0 Å². The molecule has 0 aromatic heterocycles. The molecule has 1 N–H and O–H groups in total. The van der Waals surface area contributed by atoms with Crippen molar-refractivity contribution < 1.29 is 4.89 Å². The Kier molecular flexibility index (Phi) is 4.68. The molecule has 3 rings (SSSR count). The Labute approximate surface area is 132 Å². The molecule has 0 unspecified atom stereocenters. The Balaban J connectivity index is 1.95. The van der Waals surface area contributed by atoms with Gasteiger partial charge in [0.25, 0.3) is 0 Å². The Bertz CT molecular complexity index is 654. The van der Waals surface area contributed by atoms with Crippen molar-refractivity contribution in [3.63, 3.8) is 0 Å². The summed E-state index contributed by atoms with van der Waals surface area (Å²) in [6.45, 7) is 0. The van der Waals surface area contributed by atoms with E-state index < -0.39 is 7.49 Å². The van der Waals surface area contributed by atoms with Gasteiger partial charge in [-0.3, -0.25) is 0 Å². The SMILES string of the molecule is O[PH](Cc1ccccc1)(Cc1ccccc1)c1ccccc1. The van der Waals surface area contributed by atoms with E-state index in [1.807, 2.05) is 54.6 Å². The van der Waals surface area contributed by atoms with Crippen LogP contribution in [0.3, 0.4) is 0 Å². The minimum absolute atomic E-state index is 0.743. The van der Waals surface area contributed by atoms with Crippen molar-refractivity contribution in [2.45, 2.75) is 12.3 Å². The summed E-state index contributed by atoms with van der Waals surface area (Å²) in [5.41, 5.74) is 2.41. The zero-order valence-electron chi connectivity index (χ0n) is 12.5. The van der Waals surface area contributed by atoms with Gasteiger partial charge in [0.15, 0.2) is 0 Å². The zero-order valence-corrected chi connectivity index (χ0v) is 13.5. The Morgan fingerprint density at radius 3 is 1.32 bits per heavy atom. The fourth-order valence-electron chi connectivity index (χ4n) is 2.88. The molecule has 0 fully saturated rings. The predicted octanol–water partition coefficient (Wildman–Crippen LogP) is 4.37. The van der Waals surface area contributed by atoms with E-state index in [1.165, 1.54) is 11.1 Å². The van der Waals surface area contributed by atoms with Crippen LogP contribution in [0.4, 0.5) is 0 Å². The van der Waals surface area contributed by atoms with Gasteiger partial charge in [0.2, 0.25) is 0 Å². The zero-order chi connectivity index (χ0) is 15.3. The third-order valence-electron chi connectivity index (χ3n) is 3.99. The Morgan fingerprint density at radius 1 is 0.545 bits per heavy atom. The predicted molar refractivity (Wildman–Crippen MR) is 96.9 cm³/mol. The third kappa shape index (κ3) is 3.62. The van der Waals surface area contributed by atoms with Crippen LogP contribution in [0.25, 0.3) is 0 Å². The van der Waals surface area contributed by atoms with Crippen LogP contribution in [0.15, 0.2) is 91.0 Å². The second-order valence-corrected chi connectivity index (χ2v) is 9.07. The second-order valence-electron chi connectivity index (χ2n) is 5.72. The molecule has 3 aromatic carbocycles. The number of hydrogen-bond donors (Lipinski definition) is 1. The number of rotatable bonds is 5. The molecule has 1 nitrogen and oxygen atoms in total. The summed E-state index contributed by atoms with van der Waals surface area (Å²) in [7, 11) is -2.61. The van der Waals surface area contributed by atoms with E-state index in [2.05, 4.69) is 36.4 Å². The van der Waals surface area contributed by atoms with E-state index in [4.69, 9.17) is 0 Å². The van der Waals surface area contributed by atoms with Crippen molar-refractivity contribution in [3.05, 3.63) is 102 Å². The number of hydrogen-bond acceptors (Lipinski definition) is 1. The molecule has 0 bridgehead atoms. The first-order valence-electron chi connectivity index (χ1n) is 7.62. The number of benzene rings is 3. The average molecular weight is 308 g/mol. The molecule has 0 aliphatic heterocycles. The summed E-state index contributed by atoms with van der Waals surface area (Å²) in [6.07, 6.45) is 1.49. The van der Waals surface area contributed by atoms with Crippen LogP contribution >= 0.6 is 7.49 Å². The molecule has 0 radical (unpaired) electrons. The van der Waals surface area contributed by atoms with Crippen LogP contribution in [0.5, 0.6) is 0 Å².